The number of nitrogens with zero attached hydrogens (tertiary/aromatic N) is 2. The molecule has 1 aliphatic heterocycles. The summed E-state index contributed by atoms with van der Waals surface area (Å²) < 4.78 is 0. The number of nitrogens with two attached hydrogens (primary N) is 1. The molecule has 2 aromatic rings. The maximum Gasteiger partial charge on any atom is 0.318 e. The maximum atomic E-state index is 13.2. The van der Waals surface area contributed by atoms with Crippen LogP contribution in [0, 0.1) is 0 Å². The van der Waals surface area contributed by atoms with Crippen LogP contribution in [0.25, 0.3) is 6.08 Å². The molecule has 1 heterocycles. The number of benzene rings is 2. The van der Waals surface area contributed by atoms with E-state index in [1.165, 1.54) is 4.90 Å². The van der Waals surface area contributed by atoms with Crippen LogP contribution in [0.3, 0.4) is 0 Å². The fourth-order valence-corrected chi connectivity index (χ4v) is 4.03. The molecule has 31 heavy (non-hydrogen) atoms. The van der Waals surface area contributed by atoms with Crippen LogP contribution in [0.1, 0.15) is 12.5 Å². The van der Waals surface area contributed by atoms with Crippen molar-refractivity contribution >= 4 is 81.3 Å². The second kappa shape index (κ2) is 9.74. The van der Waals surface area contributed by atoms with Crippen molar-refractivity contribution in [3.05, 3.63) is 68.8 Å². The summed E-state index contributed by atoms with van der Waals surface area (Å²) in [7, 11) is 0. The second-order valence-electron chi connectivity index (χ2n) is 6.30. The average molecular weight is 498 g/mol. The number of nitrogens with one attached hydrogen (secondary N) is 1. The summed E-state index contributed by atoms with van der Waals surface area (Å²) >= 11 is 19.3. The fourth-order valence-electron chi connectivity index (χ4n) is 2.60. The van der Waals surface area contributed by atoms with Gasteiger partial charge in [0.1, 0.15) is 5.70 Å². The third-order valence-electron chi connectivity index (χ3n) is 4.07. The Morgan fingerprint density at radius 2 is 1.84 bits per heavy atom. The highest BCUT2D eigenvalue weighted by Crippen LogP contribution is 2.38. The molecule has 2 aromatic carbocycles. The molecule has 0 radical (unpaired) electrons. The average Bonchev–Trinajstić information content (AvgIpc) is 3.00. The minimum absolute atomic E-state index is 0.128. The SMILES string of the molecule is CC(SC1=N/C(=C\c2ccc(Cl)cc2)C(=O)N1c1cccc(Cl)c1Cl)C(=O)NC(N)=O. The van der Waals surface area contributed by atoms with Crippen LogP contribution < -0.4 is 16.0 Å². The lowest BCUT2D eigenvalue weighted by Crippen LogP contribution is -2.41. The number of rotatable bonds is 4. The van der Waals surface area contributed by atoms with E-state index in [1.807, 2.05) is 5.32 Å². The number of carbonyl (C=O) groups excluding carboxylic acids is 3. The lowest BCUT2D eigenvalue weighted by atomic mass is 10.2. The van der Waals surface area contributed by atoms with Crippen molar-refractivity contribution in [1.29, 1.82) is 0 Å². The molecule has 160 valence electrons. The Morgan fingerprint density at radius 3 is 2.48 bits per heavy atom. The molecule has 1 unspecified atom stereocenters. The second-order valence-corrected chi connectivity index (χ2v) is 8.83. The van der Waals surface area contributed by atoms with E-state index in [-0.39, 0.29) is 20.9 Å². The zero-order valence-electron chi connectivity index (χ0n) is 15.9. The van der Waals surface area contributed by atoms with Crippen molar-refractivity contribution in [1.82, 2.24) is 5.32 Å². The summed E-state index contributed by atoms with van der Waals surface area (Å²) in [4.78, 5) is 42.0. The van der Waals surface area contributed by atoms with Crippen LogP contribution in [0.5, 0.6) is 0 Å². The van der Waals surface area contributed by atoms with Gasteiger partial charge in [0.15, 0.2) is 5.17 Å². The number of hydrogen-bond donors (Lipinski definition) is 2. The number of halogens is 3. The molecular weight excluding hydrogens is 483 g/mol. The van der Waals surface area contributed by atoms with Crippen LogP contribution in [0.4, 0.5) is 10.5 Å². The quantitative estimate of drug-likeness (QED) is 0.597. The van der Waals surface area contributed by atoms with E-state index in [1.54, 1.807) is 55.5 Å². The normalized spacial score (nSPS) is 15.7. The molecule has 11 heteroatoms. The molecule has 0 saturated heterocycles. The maximum absolute atomic E-state index is 13.2. The van der Waals surface area contributed by atoms with E-state index < -0.39 is 23.1 Å². The summed E-state index contributed by atoms with van der Waals surface area (Å²) in [6, 6.07) is 10.7. The highest BCUT2D eigenvalue weighted by atomic mass is 35.5. The van der Waals surface area contributed by atoms with Gasteiger partial charge >= 0.3 is 6.03 Å². The molecular formula is C20H15Cl3N4O3S. The van der Waals surface area contributed by atoms with Gasteiger partial charge in [0, 0.05) is 5.02 Å². The molecule has 3 rings (SSSR count). The van der Waals surface area contributed by atoms with Crippen molar-refractivity contribution in [2.75, 3.05) is 4.90 Å². The summed E-state index contributed by atoms with van der Waals surface area (Å²) in [6.45, 7) is 1.55. The molecule has 0 bridgehead atoms. The minimum atomic E-state index is -0.972. The van der Waals surface area contributed by atoms with Crippen molar-refractivity contribution in [3.63, 3.8) is 0 Å². The van der Waals surface area contributed by atoms with Gasteiger partial charge in [0.25, 0.3) is 5.91 Å². The number of aliphatic imine (C=N–C) groups is 1. The van der Waals surface area contributed by atoms with E-state index >= 15 is 0 Å². The summed E-state index contributed by atoms with van der Waals surface area (Å²) in [5.41, 5.74) is 6.16. The number of hydrogen-bond acceptors (Lipinski definition) is 5. The molecule has 0 spiro atoms. The first-order chi connectivity index (χ1) is 14.7. The number of imide groups is 1. The van der Waals surface area contributed by atoms with Gasteiger partial charge in [-0.1, -0.05) is 64.8 Å². The Hall–Kier alpha value is -2.52. The summed E-state index contributed by atoms with van der Waals surface area (Å²) in [5, 5.41) is 2.39. The highest BCUT2D eigenvalue weighted by molar-refractivity contribution is 8.15. The molecule has 7 nitrogen and oxygen atoms in total. The first-order valence-electron chi connectivity index (χ1n) is 8.78. The summed E-state index contributed by atoms with van der Waals surface area (Å²) in [6.07, 6.45) is 1.59. The number of thioether (sulfide) groups is 1. The molecule has 0 aromatic heterocycles. The van der Waals surface area contributed by atoms with Gasteiger partial charge in [-0.15, -0.1) is 0 Å². The number of urea groups is 1. The Kier molecular flexibility index (Phi) is 7.27. The van der Waals surface area contributed by atoms with Crippen LogP contribution in [0.2, 0.25) is 15.1 Å². The lowest BCUT2D eigenvalue weighted by molar-refractivity contribution is -0.119. The van der Waals surface area contributed by atoms with E-state index in [4.69, 9.17) is 40.5 Å². The fraction of sp³-hybridized carbons (Fsp3) is 0.100. The van der Waals surface area contributed by atoms with Gasteiger partial charge in [-0.2, -0.15) is 0 Å². The van der Waals surface area contributed by atoms with Gasteiger partial charge in [-0.05, 0) is 42.8 Å². The van der Waals surface area contributed by atoms with Gasteiger partial charge in [0.05, 0.1) is 21.0 Å². The predicted octanol–water partition coefficient (Wildman–Crippen LogP) is 4.71. The number of anilines is 1. The van der Waals surface area contributed by atoms with Crippen LogP contribution in [-0.2, 0) is 9.59 Å². The van der Waals surface area contributed by atoms with Crippen LogP contribution in [-0.4, -0.2) is 28.3 Å². The number of amidine groups is 1. The third-order valence-corrected chi connectivity index (χ3v) is 6.19. The first-order valence-corrected chi connectivity index (χ1v) is 10.8. The van der Waals surface area contributed by atoms with Gasteiger partial charge in [0.2, 0.25) is 5.91 Å². The summed E-state index contributed by atoms with van der Waals surface area (Å²) in [5.74, 6) is -1.08. The molecule has 4 amide bonds. The highest BCUT2D eigenvalue weighted by Gasteiger charge is 2.35. The molecule has 1 aliphatic rings. The van der Waals surface area contributed by atoms with E-state index in [0.29, 0.717) is 16.3 Å². The molecule has 0 aliphatic carbocycles. The van der Waals surface area contributed by atoms with Gasteiger partial charge in [-0.25, -0.2) is 9.79 Å². The Labute approximate surface area is 197 Å². The zero-order valence-corrected chi connectivity index (χ0v) is 19.0. The monoisotopic (exact) mass is 496 g/mol. The van der Waals surface area contributed by atoms with E-state index in [0.717, 1.165) is 11.8 Å². The standard InChI is InChI=1S/C20H15Cl3N4O3S/c1-10(17(28)26-19(24)30)31-20-25-14(9-11-5-7-12(21)8-6-11)18(29)27(20)15-4-2-3-13(22)16(15)23/h2-10H,1H3,(H3,24,26,28,30)/b14-9-. The predicted molar refractivity (Wildman–Crippen MR) is 126 cm³/mol. The van der Waals surface area contributed by atoms with Crippen LogP contribution in [0.15, 0.2) is 53.2 Å². The molecule has 0 fully saturated rings. The Balaban J connectivity index is 2.01. The molecule has 0 saturated carbocycles. The van der Waals surface area contributed by atoms with Crippen molar-refractivity contribution in [2.24, 2.45) is 10.7 Å². The van der Waals surface area contributed by atoms with E-state index in [9.17, 15) is 14.4 Å². The van der Waals surface area contributed by atoms with Crippen LogP contribution >= 0.6 is 46.6 Å². The molecule has 3 N–H and O–H groups in total. The lowest BCUT2D eigenvalue weighted by Gasteiger charge is -2.21. The number of amides is 4. The largest absolute Gasteiger partial charge is 0.351 e. The number of primary amides is 1. The Morgan fingerprint density at radius 1 is 1.16 bits per heavy atom. The Bertz CT molecular complexity index is 1120. The number of carbonyl (C=O) groups is 3. The van der Waals surface area contributed by atoms with Crippen molar-refractivity contribution in [2.45, 2.75) is 12.2 Å². The molecule has 1 atom stereocenters. The van der Waals surface area contributed by atoms with Gasteiger partial charge in [-0.3, -0.25) is 19.8 Å². The third kappa shape index (κ3) is 5.40. The van der Waals surface area contributed by atoms with Crippen molar-refractivity contribution in [3.8, 4) is 0 Å². The van der Waals surface area contributed by atoms with E-state index in [2.05, 4.69) is 4.99 Å². The topological polar surface area (TPSA) is 105 Å². The van der Waals surface area contributed by atoms with Gasteiger partial charge < -0.3 is 5.73 Å². The zero-order chi connectivity index (χ0) is 22.7. The first kappa shape index (κ1) is 23.1. The van der Waals surface area contributed by atoms with Crippen molar-refractivity contribution < 1.29 is 14.4 Å². The smallest absolute Gasteiger partial charge is 0.318 e. The minimum Gasteiger partial charge on any atom is -0.351 e.